The number of piperidine rings is 1. The highest BCUT2D eigenvalue weighted by atomic mass is 32.1. The number of aryl methyl sites for hydroxylation is 1. The Bertz CT molecular complexity index is 661. The van der Waals surface area contributed by atoms with Crippen LogP contribution in [0.2, 0.25) is 0 Å². The van der Waals surface area contributed by atoms with E-state index in [4.69, 9.17) is 0 Å². The summed E-state index contributed by atoms with van der Waals surface area (Å²) in [6.45, 7) is 7.28. The summed E-state index contributed by atoms with van der Waals surface area (Å²) < 4.78 is 1.69. The summed E-state index contributed by atoms with van der Waals surface area (Å²) in [7, 11) is 0. The molecular formula is C15H21N3OS. The molecule has 3 heterocycles. The van der Waals surface area contributed by atoms with Crippen LogP contribution in [0.3, 0.4) is 0 Å². The molecule has 1 atom stereocenters. The van der Waals surface area contributed by atoms with Crippen LogP contribution >= 0.6 is 11.3 Å². The van der Waals surface area contributed by atoms with Gasteiger partial charge in [0.15, 0.2) is 4.96 Å². The Labute approximate surface area is 123 Å². The number of rotatable bonds is 3. The topological polar surface area (TPSA) is 37.6 Å². The number of likely N-dealkylation sites (tertiary alicyclic amines) is 1. The molecule has 1 fully saturated rings. The van der Waals surface area contributed by atoms with Crippen LogP contribution in [0.1, 0.15) is 37.6 Å². The largest absolute Gasteiger partial charge is 0.297 e. The Hall–Kier alpha value is -1.20. The van der Waals surface area contributed by atoms with Gasteiger partial charge in [-0.3, -0.25) is 14.1 Å². The van der Waals surface area contributed by atoms with E-state index < -0.39 is 0 Å². The lowest BCUT2D eigenvalue weighted by Gasteiger charge is -2.31. The summed E-state index contributed by atoms with van der Waals surface area (Å²) in [4.78, 5) is 20.1. The first kappa shape index (κ1) is 13.8. The van der Waals surface area contributed by atoms with E-state index in [-0.39, 0.29) is 5.56 Å². The highest BCUT2D eigenvalue weighted by Crippen LogP contribution is 2.20. The Balaban J connectivity index is 1.82. The average molecular weight is 291 g/mol. The maximum Gasteiger partial charge on any atom is 0.259 e. The van der Waals surface area contributed by atoms with Crippen LogP contribution < -0.4 is 5.56 Å². The molecule has 0 bridgehead atoms. The molecule has 0 amide bonds. The second-order valence-corrected chi connectivity index (χ2v) is 6.57. The molecule has 0 spiro atoms. The van der Waals surface area contributed by atoms with Gasteiger partial charge in [-0.15, -0.1) is 11.3 Å². The molecule has 0 N–H and O–H groups in total. The molecule has 1 aliphatic heterocycles. The van der Waals surface area contributed by atoms with Gasteiger partial charge in [-0.2, -0.15) is 0 Å². The standard InChI is InChI=1S/C15H21N3OS/c1-3-12-5-4-6-17(8-12)9-13-7-14(19)18-11(2)10-20-15(18)16-13/h7,10,12H,3-6,8-9H2,1-2H3/t12-/m1/s1. The van der Waals surface area contributed by atoms with Crippen molar-refractivity contribution in [3.8, 4) is 0 Å². The Morgan fingerprint density at radius 2 is 2.35 bits per heavy atom. The number of fused-ring (bicyclic) bond motifs is 1. The molecule has 0 aliphatic carbocycles. The second-order valence-electron chi connectivity index (χ2n) is 5.73. The van der Waals surface area contributed by atoms with E-state index in [1.54, 1.807) is 21.8 Å². The van der Waals surface area contributed by atoms with E-state index in [1.165, 1.54) is 19.3 Å². The highest BCUT2D eigenvalue weighted by Gasteiger charge is 2.19. The summed E-state index contributed by atoms with van der Waals surface area (Å²) in [5, 5.41) is 1.99. The second kappa shape index (κ2) is 5.66. The van der Waals surface area contributed by atoms with Gasteiger partial charge in [0, 0.05) is 30.2 Å². The molecule has 3 rings (SSSR count). The summed E-state index contributed by atoms with van der Waals surface area (Å²) >= 11 is 1.54. The fraction of sp³-hybridized carbons (Fsp3) is 0.600. The lowest BCUT2D eigenvalue weighted by Crippen LogP contribution is -2.35. The van der Waals surface area contributed by atoms with E-state index in [0.717, 1.165) is 41.9 Å². The van der Waals surface area contributed by atoms with E-state index in [2.05, 4.69) is 16.8 Å². The van der Waals surface area contributed by atoms with Gasteiger partial charge in [0.1, 0.15) is 0 Å². The molecule has 5 heteroatoms. The van der Waals surface area contributed by atoms with Crippen LogP contribution in [0.4, 0.5) is 0 Å². The van der Waals surface area contributed by atoms with E-state index in [0.29, 0.717) is 0 Å². The molecule has 0 radical (unpaired) electrons. The lowest BCUT2D eigenvalue weighted by atomic mass is 9.95. The van der Waals surface area contributed by atoms with Gasteiger partial charge < -0.3 is 0 Å². The van der Waals surface area contributed by atoms with Crippen LogP contribution in [0.25, 0.3) is 4.96 Å². The van der Waals surface area contributed by atoms with Gasteiger partial charge in [0.2, 0.25) is 0 Å². The molecule has 20 heavy (non-hydrogen) atoms. The number of nitrogens with zero attached hydrogens (tertiary/aromatic N) is 3. The molecule has 1 aliphatic rings. The number of aromatic nitrogens is 2. The number of hydrogen-bond donors (Lipinski definition) is 0. The third-order valence-electron chi connectivity index (χ3n) is 4.19. The van der Waals surface area contributed by atoms with Crippen molar-refractivity contribution in [2.24, 2.45) is 5.92 Å². The van der Waals surface area contributed by atoms with Crippen LogP contribution in [0, 0.1) is 12.8 Å². The minimum atomic E-state index is 0.0489. The van der Waals surface area contributed by atoms with Gasteiger partial charge in [0.05, 0.1) is 5.69 Å². The fourth-order valence-electron chi connectivity index (χ4n) is 3.04. The van der Waals surface area contributed by atoms with Crippen molar-refractivity contribution in [3.63, 3.8) is 0 Å². The first-order chi connectivity index (χ1) is 9.67. The van der Waals surface area contributed by atoms with Gasteiger partial charge in [0.25, 0.3) is 5.56 Å². The van der Waals surface area contributed by atoms with Crippen molar-refractivity contribution in [2.75, 3.05) is 13.1 Å². The predicted molar refractivity (Wildman–Crippen MR) is 82.4 cm³/mol. The van der Waals surface area contributed by atoms with Gasteiger partial charge >= 0.3 is 0 Å². The Morgan fingerprint density at radius 3 is 3.15 bits per heavy atom. The Kier molecular flexibility index (Phi) is 3.89. The maximum absolute atomic E-state index is 12.2. The molecule has 0 saturated carbocycles. The van der Waals surface area contributed by atoms with E-state index >= 15 is 0 Å². The van der Waals surface area contributed by atoms with Crippen LogP contribution in [-0.2, 0) is 6.54 Å². The first-order valence-electron chi connectivity index (χ1n) is 7.36. The molecule has 108 valence electrons. The Morgan fingerprint density at radius 1 is 1.50 bits per heavy atom. The zero-order valence-corrected chi connectivity index (χ0v) is 12.9. The summed E-state index contributed by atoms with van der Waals surface area (Å²) in [5.74, 6) is 0.803. The predicted octanol–water partition coefficient (Wildman–Crippen LogP) is 2.69. The van der Waals surface area contributed by atoms with E-state index in [9.17, 15) is 4.79 Å². The highest BCUT2D eigenvalue weighted by molar-refractivity contribution is 7.15. The number of hydrogen-bond acceptors (Lipinski definition) is 4. The molecular weight excluding hydrogens is 270 g/mol. The minimum Gasteiger partial charge on any atom is -0.297 e. The summed E-state index contributed by atoms with van der Waals surface area (Å²) in [6.07, 6.45) is 3.85. The first-order valence-corrected chi connectivity index (χ1v) is 8.24. The van der Waals surface area contributed by atoms with Crippen molar-refractivity contribution >= 4 is 16.3 Å². The zero-order chi connectivity index (χ0) is 14.1. The normalized spacial score (nSPS) is 20.6. The number of thiazole rings is 1. The van der Waals surface area contributed by atoms with Crippen LogP contribution in [-0.4, -0.2) is 27.4 Å². The molecule has 2 aromatic heterocycles. The van der Waals surface area contributed by atoms with Crippen molar-refractivity contribution in [1.82, 2.24) is 14.3 Å². The SMILES string of the molecule is CC[C@@H]1CCCN(Cc2cc(=O)n3c(C)csc3n2)C1. The third kappa shape index (κ3) is 2.65. The van der Waals surface area contributed by atoms with E-state index in [1.807, 2.05) is 12.3 Å². The molecule has 0 unspecified atom stereocenters. The lowest BCUT2D eigenvalue weighted by molar-refractivity contribution is 0.163. The smallest absolute Gasteiger partial charge is 0.259 e. The van der Waals surface area contributed by atoms with Gasteiger partial charge in [-0.05, 0) is 32.2 Å². The van der Waals surface area contributed by atoms with Crippen molar-refractivity contribution in [3.05, 3.63) is 33.2 Å². The molecule has 1 saturated heterocycles. The van der Waals surface area contributed by atoms with Crippen molar-refractivity contribution in [1.29, 1.82) is 0 Å². The molecule has 2 aromatic rings. The molecule has 0 aromatic carbocycles. The quantitative estimate of drug-likeness (QED) is 0.872. The maximum atomic E-state index is 12.2. The van der Waals surface area contributed by atoms with Crippen LogP contribution in [0.15, 0.2) is 16.2 Å². The minimum absolute atomic E-state index is 0.0489. The average Bonchev–Trinajstić information content (AvgIpc) is 2.81. The van der Waals surface area contributed by atoms with Crippen LogP contribution in [0.5, 0.6) is 0 Å². The van der Waals surface area contributed by atoms with Crippen molar-refractivity contribution < 1.29 is 0 Å². The third-order valence-corrected chi connectivity index (χ3v) is 5.14. The molecule has 4 nitrogen and oxygen atoms in total. The zero-order valence-electron chi connectivity index (χ0n) is 12.1. The summed E-state index contributed by atoms with van der Waals surface area (Å²) in [6, 6.07) is 1.70. The van der Waals surface area contributed by atoms with Gasteiger partial charge in [-0.1, -0.05) is 13.3 Å². The fourth-order valence-corrected chi connectivity index (χ4v) is 3.93. The summed E-state index contributed by atoms with van der Waals surface area (Å²) in [5.41, 5.74) is 1.93. The van der Waals surface area contributed by atoms with Crippen molar-refractivity contribution in [2.45, 2.75) is 39.7 Å². The van der Waals surface area contributed by atoms with Gasteiger partial charge in [-0.25, -0.2) is 4.98 Å². The monoisotopic (exact) mass is 291 g/mol.